The van der Waals surface area contributed by atoms with Gasteiger partial charge in [-0.25, -0.2) is 0 Å². The van der Waals surface area contributed by atoms with Gasteiger partial charge >= 0.3 is 0 Å². The number of aromatic nitrogens is 1. The molecule has 0 amide bonds. The highest BCUT2D eigenvalue weighted by atomic mass is 16.1. The van der Waals surface area contributed by atoms with Crippen LogP contribution < -0.4 is 10.9 Å². The van der Waals surface area contributed by atoms with Crippen molar-refractivity contribution in [3.8, 4) is 0 Å². The Hall–Kier alpha value is -1.09. The lowest BCUT2D eigenvalue weighted by Crippen LogP contribution is -2.39. The summed E-state index contributed by atoms with van der Waals surface area (Å²) >= 11 is 0. The lowest BCUT2D eigenvalue weighted by Gasteiger charge is -2.22. The van der Waals surface area contributed by atoms with E-state index in [9.17, 15) is 4.79 Å². The van der Waals surface area contributed by atoms with Gasteiger partial charge in [-0.2, -0.15) is 0 Å². The summed E-state index contributed by atoms with van der Waals surface area (Å²) in [5.41, 5.74) is 1.11. The minimum Gasteiger partial charge on any atom is -0.314 e. The summed E-state index contributed by atoms with van der Waals surface area (Å²) < 4.78 is 1.78. The SMILES string of the molecule is CCNC(Cn1ccc(C)cc1=O)C(C)C. The third-order valence-electron chi connectivity index (χ3n) is 2.82. The van der Waals surface area contributed by atoms with Crippen molar-refractivity contribution in [2.45, 2.75) is 40.3 Å². The van der Waals surface area contributed by atoms with Crippen molar-refractivity contribution in [2.24, 2.45) is 5.92 Å². The van der Waals surface area contributed by atoms with E-state index in [0.717, 1.165) is 18.7 Å². The maximum atomic E-state index is 11.7. The van der Waals surface area contributed by atoms with Gasteiger partial charge in [0.1, 0.15) is 0 Å². The molecule has 3 nitrogen and oxygen atoms in total. The summed E-state index contributed by atoms with van der Waals surface area (Å²) in [6.45, 7) is 10.1. The molecule has 0 aromatic carbocycles. The van der Waals surface area contributed by atoms with Gasteiger partial charge in [0.05, 0.1) is 0 Å². The first kappa shape index (κ1) is 13.0. The Labute approximate surface area is 97.5 Å². The normalized spacial score (nSPS) is 13.1. The molecule has 1 heterocycles. The Bertz CT molecular complexity index is 382. The Morgan fingerprint density at radius 1 is 1.44 bits per heavy atom. The van der Waals surface area contributed by atoms with Crippen LogP contribution in [0.2, 0.25) is 0 Å². The first-order valence-electron chi connectivity index (χ1n) is 5.95. The maximum absolute atomic E-state index is 11.7. The fraction of sp³-hybridized carbons (Fsp3) is 0.615. The zero-order valence-corrected chi connectivity index (χ0v) is 10.7. The molecule has 0 aliphatic rings. The van der Waals surface area contributed by atoms with E-state index in [1.54, 1.807) is 10.6 Å². The average molecular weight is 222 g/mol. The molecule has 0 spiro atoms. The second-order valence-electron chi connectivity index (χ2n) is 4.60. The standard InChI is InChI=1S/C13H22N2O/c1-5-14-12(10(2)3)9-15-7-6-11(4)8-13(15)16/h6-8,10,12,14H,5,9H2,1-4H3. The van der Waals surface area contributed by atoms with E-state index in [1.807, 2.05) is 19.2 Å². The first-order valence-corrected chi connectivity index (χ1v) is 5.95. The molecular formula is C13H22N2O. The van der Waals surface area contributed by atoms with E-state index in [1.165, 1.54) is 0 Å². The van der Waals surface area contributed by atoms with Crippen molar-refractivity contribution < 1.29 is 0 Å². The van der Waals surface area contributed by atoms with Gasteiger partial charge in [0, 0.05) is 24.8 Å². The van der Waals surface area contributed by atoms with Gasteiger partial charge in [0.15, 0.2) is 0 Å². The van der Waals surface area contributed by atoms with Gasteiger partial charge in [0.2, 0.25) is 0 Å². The van der Waals surface area contributed by atoms with Gasteiger partial charge in [0.25, 0.3) is 5.56 Å². The third-order valence-corrected chi connectivity index (χ3v) is 2.82. The van der Waals surface area contributed by atoms with Crippen molar-refractivity contribution >= 4 is 0 Å². The molecule has 1 atom stereocenters. The molecule has 0 aliphatic heterocycles. The molecule has 1 aromatic heterocycles. The van der Waals surface area contributed by atoms with Gasteiger partial charge < -0.3 is 9.88 Å². The Morgan fingerprint density at radius 2 is 2.12 bits per heavy atom. The molecule has 1 aromatic rings. The molecule has 0 aliphatic carbocycles. The van der Waals surface area contributed by atoms with Gasteiger partial charge in [-0.3, -0.25) is 4.79 Å². The number of hydrogen-bond donors (Lipinski definition) is 1. The number of nitrogens with one attached hydrogen (secondary N) is 1. The topological polar surface area (TPSA) is 34.0 Å². The van der Waals surface area contributed by atoms with Crippen LogP contribution in [-0.2, 0) is 6.54 Å². The summed E-state index contributed by atoms with van der Waals surface area (Å²) in [6.07, 6.45) is 1.88. The van der Waals surface area contributed by atoms with Crippen molar-refractivity contribution in [1.29, 1.82) is 0 Å². The molecule has 90 valence electrons. The Kier molecular flexibility index (Phi) is 4.74. The minimum atomic E-state index is 0.0866. The summed E-state index contributed by atoms with van der Waals surface area (Å²) in [5, 5.41) is 3.41. The number of pyridine rings is 1. The smallest absolute Gasteiger partial charge is 0.250 e. The quantitative estimate of drug-likeness (QED) is 0.824. The molecule has 0 saturated heterocycles. The lowest BCUT2D eigenvalue weighted by atomic mass is 10.0. The largest absolute Gasteiger partial charge is 0.314 e. The fourth-order valence-corrected chi connectivity index (χ4v) is 1.74. The molecule has 0 radical (unpaired) electrons. The summed E-state index contributed by atoms with van der Waals surface area (Å²) in [5.74, 6) is 0.521. The van der Waals surface area contributed by atoms with Crippen molar-refractivity contribution in [3.05, 3.63) is 34.2 Å². The van der Waals surface area contributed by atoms with Crippen LogP contribution >= 0.6 is 0 Å². The number of nitrogens with zero attached hydrogens (tertiary/aromatic N) is 1. The van der Waals surface area contributed by atoms with Gasteiger partial charge in [-0.05, 0) is 31.0 Å². The van der Waals surface area contributed by atoms with Gasteiger partial charge in [-0.1, -0.05) is 20.8 Å². The van der Waals surface area contributed by atoms with Crippen molar-refractivity contribution in [1.82, 2.24) is 9.88 Å². The molecule has 1 unspecified atom stereocenters. The highest BCUT2D eigenvalue weighted by Gasteiger charge is 2.12. The monoisotopic (exact) mass is 222 g/mol. The summed E-state index contributed by atoms with van der Waals surface area (Å²) in [7, 11) is 0. The van der Waals surface area contributed by atoms with E-state index in [0.29, 0.717) is 12.0 Å². The third kappa shape index (κ3) is 3.49. The van der Waals surface area contributed by atoms with Crippen molar-refractivity contribution in [2.75, 3.05) is 6.54 Å². The second kappa shape index (κ2) is 5.85. The summed E-state index contributed by atoms with van der Waals surface area (Å²) in [6, 6.07) is 4.01. The fourth-order valence-electron chi connectivity index (χ4n) is 1.74. The summed E-state index contributed by atoms with van der Waals surface area (Å²) in [4.78, 5) is 11.7. The van der Waals surface area contributed by atoms with Gasteiger partial charge in [-0.15, -0.1) is 0 Å². The number of hydrogen-bond acceptors (Lipinski definition) is 2. The number of rotatable bonds is 5. The zero-order chi connectivity index (χ0) is 12.1. The van der Waals surface area contributed by atoms with Crippen LogP contribution in [0.25, 0.3) is 0 Å². The van der Waals surface area contributed by atoms with Crippen LogP contribution in [0.5, 0.6) is 0 Å². The van der Waals surface area contributed by atoms with Crippen LogP contribution in [0.3, 0.4) is 0 Å². The Morgan fingerprint density at radius 3 is 2.62 bits per heavy atom. The number of likely N-dealkylation sites (N-methyl/N-ethyl adjacent to an activating group) is 1. The minimum absolute atomic E-state index is 0.0866. The molecule has 0 saturated carbocycles. The predicted octanol–water partition coefficient (Wildman–Crippen LogP) is 1.79. The van der Waals surface area contributed by atoms with E-state index in [4.69, 9.17) is 0 Å². The molecule has 1 N–H and O–H groups in total. The molecule has 3 heteroatoms. The van der Waals surface area contributed by atoms with E-state index in [2.05, 4.69) is 26.1 Å². The highest BCUT2D eigenvalue weighted by Crippen LogP contribution is 2.04. The van der Waals surface area contributed by atoms with Crippen LogP contribution in [0.4, 0.5) is 0 Å². The van der Waals surface area contributed by atoms with Crippen LogP contribution in [0.1, 0.15) is 26.3 Å². The van der Waals surface area contributed by atoms with E-state index >= 15 is 0 Å². The highest BCUT2D eigenvalue weighted by molar-refractivity contribution is 5.08. The van der Waals surface area contributed by atoms with Crippen molar-refractivity contribution in [3.63, 3.8) is 0 Å². The molecule has 0 bridgehead atoms. The van der Waals surface area contributed by atoms with E-state index in [-0.39, 0.29) is 5.56 Å². The molecule has 1 rings (SSSR count). The lowest BCUT2D eigenvalue weighted by molar-refractivity contribution is 0.358. The van der Waals surface area contributed by atoms with Crippen LogP contribution in [-0.4, -0.2) is 17.2 Å². The van der Waals surface area contributed by atoms with Crippen LogP contribution in [0.15, 0.2) is 23.1 Å². The second-order valence-corrected chi connectivity index (χ2v) is 4.60. The molecule has 16 heavy (non-hydrogen) atoms. The predicted molar refractivity (Wildman–Crippen MR) is 67.7 cm³/mol. The first-order chi connectivity index (χ1) is 7.54. The average Bonchev–Trinajstić information content (AvgIpc) is 2.20. The number of aryl methyl sites for hydroxylation is 1. The molecule has 0 fully saturated rings. The maximum Gasteiger partial charge on any atom is 0.250 e. The Balaban J connectivity index is 2.81. The van der Waals surface area contributed by atoms with E-state index < -0.39 is 0 Å². The van der Waals surface area contributed by atoms with Crippen LogP contribution in [0, 0.1) is 12.8 Å². The molecular weight excluding hydrogens is 200 g/mol. The zero-order valence-electron chi connectivity index (χ0n) is 10.7.